The second kappa shape index (κ2) is 11.9. The fourth-order valence-corrected chi connectivity index (χ4v) is 9.97. The zero-order valence-corrected chi connectivity index (χ0v) is 26.3. The first kappa shape index (κ1) is 28.2. The van der Waals surface area contributed by atoms with Gasteiger partial charge in [0.25, 0.3) is 0 Å². The minimum atomic E-state index is -3.16. The average Bonchev–Trinajstić information content (AvgIpc) is 3.14. The van der Waals surface area contributed by atoms with E-state index in [0.29, 0.717) is 0 Å². The Balaban J connectivity index is 1.26. The molecule has 0 heterocycles. The van der Waals surface area contributed by atoms with Gasteiger partial charge in [-0.15, -0.1) is 0 Å². The van der Waals surface area contributed by atoms with E-state index < -0.39 is 7.49 Å². The van der Waals surface area contributed by atoms with Crippen LogP contribution < -0.4 is 15.9 Å². The molecule has 0 saturated heterocycles. The van der Waals surface area contributed by atoms with Crippen molar-refractivity contribution in [2.45, 2.75) is 0 Å². The van der Waals surface area contributed by atoms with Gasteiger partial charge in [-0.3, -0.25) is 0 Å². The van der Waals surface area contributed by atoms with Crippen LogP contribution in [0.5, 0.6) is 0 Å². The number of hydrogen-bond acceptors (Lipinski definition) is 1. The van der Waals surface area contributed by atoms with Crippen LogP contribution in [0.3, 0.4) is 0 Å². The standard InChI is InChI=1S/C44H33OP/c45-46(36-19-6-2-7-20-36,37-21-8-3-9-22-37)38-29-27-32(28-30-38)34-17-14-18-35(31-34)44-41-25-12-10-23-39(41)43(33-15-4-1-5-16-33)40-24-11-13-26-42(40)44/h1-31,45-46H. The SMILES string of the molecule is O[PH](c1ccccc1)(c1ccccc1)c1ccc(-c2cccc(-c3c4ccccc4c(-c4ccccc4)c4ccccc34)c2)cc1. The van der Waals surface area contributed by atoms with E-state index in [1.165, 1.54) is 43.8 Å². The van der Waals surface area contributed by atoms with Gasteiger partial charge in [-0.25, -0.2) is 0 Å². The molecule has 8 rings (SSSR count). The third kappa shape index (κ3) is 4.82. The van der Waals surface area contributed by atoms with Gasteiger partial charge in [0.1, 0.15) is 0 Å². The first-order valence-corrected chi connectivity index (χ1v) is 17.7. The van der Waals surface area contributed by atoms with E-state index in [1.54, 1.807) is 0 Å². The fourth-order valence-electron chi connectivity index (χ4n) is 6.97. The molecule has 0 aliphatic rings. The van der Waals surface area contributed by atoms with Crippen molar-refractivity contribution in [3.63, 3.8) is 0 Å². The van der Waals surface area contributed by atoms with Gasteiger partial charge in [0.2, 0.25) is 0 Å². The van der Waals surface area contributed by atoms with Gasteiger partial charge in [0.05, 0.1) is 0 Å². The molecule has 0 atom stereocenters. The molecule has 0 aliphatic carbocycles. The van der Waals surface area contributed by atoms with Crippen molar-refractivity contribution in [3.8, 4) is 33.4 Å². The molecule has 220 valence electrons. The van der Waals surface area contributed by atoms with E-state index in [-0.39, 0.29) is 0 Å². The van der Waals surface area contributed by atoms with Crippen molar-refractivity contribution >= 4 is 44.9 Å². The predicted octanol–water partition coefficient (Wildman–Crippen LogP) is 9.93. The summed E-state index contributed by atoms with van der Waals surface area (Å²) >= 11 is 0. The van der Waals surface area contributed by atoms with Crippen molar-refractivity contribution in [1.82, 2.24) is 0 Å². The molecule has 0 radical (unpaired) electrons. The summed E-state index contributed by atoms with van der Waals surface area (Å²) < 4.78 is 0. The summed E-state index contributed by atoms with van der Waals surface area (Å²) in [7, 11) is -3.16. The molecule has 0 unspecified atom stereocenters. The third-order valence-electron chi connectivity index (χ3n) is 9.16. The molecule has 0 fully saturated rings. The Labute approximate surface area is 270 Å². The van der Waals surface area contributed by atoms with Gasteiger partial charge in [-0.1, -0.05) is 30.3 Å². The average molecular weight is 609 g/mol. The topological polar surface area (TPSA) is 20.2 Å². The molecule has 2 heteroatoms. The summed E-state index contributed by atoms with van der Waals surface area (Å²) in [5.74, 6) is 0. The maximum atomic E-state index is 12.4. The number of hydrogen-bond donors (Lipinski definition) is 1. The van der Waals surface area contributed by atoms with Crippen LogP contribution in [0.2, 0.25) is 0 Å². The van der Waals surface area contributed by atoms with E-state index >= 15 is 0 Å². The molecular weight excluding hydrogens is 575 g/mol. The van der Waals surface area contributed by atoms with E-state index in [0.717, 1.165) is 27.0 Å². The van der Waals surface area contributed by atoms with Crippen LogP contribution in [-0.2, 0) is 0 Å². The maximum absolute atomic E-state index is 12.4. The van der Waals surface area contributed by atoms with Crippen molar-refractivity contribution < 1.29 is 4.89 Å². The molecule has 0 aliphatic heterocycles. The zero-order valence-electron chi connectivity index (χ0n) is 25.3. The van der Waals surface area contributed by atoms with Crippen LogP contribution >= 0.6 is 7.49 Å². The van der Waals surface area contributed by atoms with Crippen LogP contribution in [0, 0.1) is 0 Å². The van der Waals surface area contributed by atoms with E-state index in [4.69, 9.17) is 0 Å². The van der Waals surface area contributed by atoms with E-state index in [1.807, 2.05) is 60.7 Å². The van der Waals surface area contributed by atoms with E-state index in [9.17, 15) is 4.89 Å². The Morgan fingerprint density at radius 2 is 0.652 bits per heavy atom. The third-order valence-corrected chi connectivity index (χ3v) is 12.7. The van der Waals surface area contributed by atoms with Gasteiger partial charge in [0, 0.05) is 0 Å². The molecule has 1 N–H and O–H groups in total. The Morgan fingerprint density at radius 3 is 1.15 bits per heavy atom. The van der Waals surface area contributed by atoms with Gasteiger partial charge >= 0.3 is 241 Å². The Morgan fingerprint density at radius 1 is 0.283 bits per heavy atom. The van der Waals surface area contributed by atoms with Crippen molar-refractivity contribution in [2.24, 2.45) is 0 Å². The molecule has 8 aromatic carbocycles. The Kier molecular flexibility index (Phi) is 7.27. The number of fused-ring (bicyclic) bond motifs is 2. The summed E-state index contributed by atoms with van der Waals surface area (Å²) in [5, 5.41) is 7.93. The Hall–Kier alpha value is -5.33. The molecule has 8 aromatic rings. The van der Waals surface area contributed by atoms with Crippen molar-refractivity contribution in [1.29, 1.82) is 0 Å². The van der Waals surface area contributed by atoms with E-state index in [2.05, 4.69) is 127 Å². The monoisotopic (exact) mass is 608 g/mol. The predicted molar refractivity (Wildman–Crippen MR) is 200 cm³/mol. The van der Waals surface area contributed by atoms with Crippen molar-refractivity contribution in [2.75, 3.05) is 0 Å². The molecule has 0 spiro atoms. The number of benzene rings is 8. The molecule has 0 amide bonds. The molecule has 46 heavy (non-hydrogen) atoms. The molecular formula is C44H33OP. The summed E-state index contributed by atoms with van der Waals surface area (Å²) in [4.78, 5) is 12.4. The second-order valence-electron chi connectivity index (χ2n) is 11.8. The van der Waals surface area contributed by atoms with Crippen LogP contribution in [-0.4, -0.2) is 4.89 Å². The first-order valence-electron chi connectivity index (χ1n) is 15.8. The fraction of sp³-hybridized carbons (Fsp3) is 0. The van der Waals surface area contributed by atoms with Gasteiger partial charge in [-0.05, 0) is 0 Å². The van der Waals surface area contributed by atoms with Crippen LogP contribution in [0.4, 0.5) is 0 Å². The van der Waals surface area contributed by atoms with Gasteiger partial charge in [-0.2, -0.15) is 0 Å². The number of rotatable bonds is 6. The van der Waals surface area contributed by atoms with Gasteiger partial charge in [0.15, 0.2) is 0 Å². The molecule has 0 saturated carbocycles. The summed E-state index contributed by atoms with van der Waals surface area (Å²) in [6.45, 7) is 0. The van der Waals surface area contributed by atoms with Gasteiger partial charge < -0.3 is 0 Å². The van der Waals surface area contributed by atoms with Crippen LogP contribution in [0.25, 0.3) is 54.9 Å². The normalized spacial score (nSPS) is 11.9. The summed E-state index contributed by atoms with van der Waals surface area (Å²) in [6, 6.07) is 66.0. The quantitative estimate of drug-likeness (QED) is 0.147. The zero-order chi connectivity index (χ0) is 30.9. The first-order chi connectivity index (χ1) is 22.7. The minimum absolute atomic E-state index is 0.971. The molecule has 1 nitrogen and oxygen atoms in total. The molecule has 0 aromatic heterocycles. The Bertz CT molecular complexity index is 2200. The van der Waals surface area contributed by atoms with Crippen LogP contribution in [0.1, 0.15) is 0 Å². The second-order valence-corrected chi connectivity index (χ2v) is 15.0. The van der Waals surface area contributed by atoms with Crippen LogP contribution in [0.15, 0.2) is 188 Å². The summed E-state index contributed by atoms with van der Waals surface area (Å²) in [5.41, 5.74) is 7.21. The molecule has 0 bridgehead atoms. The summed E-state index contributed by atoms with van der Waals surface area (Å²) in [6.07, 6.45) is 0. The van der Waals surface area contributed by atoms with Crippen molar-refractivity contribution in [3.05, 3.63) is 188 Å².